The minimum Gasteiger partial charge on any atom is -0.497 e. The van der Waals surface area contributed by atoms with Gasteiger partial charge in [-0.1, -0.05) is 0 Å². The van der Waals surface area contributed by atoms with Gasteiger partial charge < -0.3 is 4.74 Å². The lowest BCUT2D eigenvalue weighted by molar-refractivity contribution is -0.134. The Morgan fingerprint density at radius 2 is 1.89 bits per heavy atom. The van der Waals surface area contributed by atoms with Gasteiger partial charge in [0.15, 0.2) is 0 Å². The van der Waals surface area contributed by atoms with Gasteiger partial charge in [-0.2, -0.15) is 22.8 Å². The predicted octanol–water partition coefficient (Wildman–Crippen LogP) is 3.71. The van der Waals surface area contributed by atoms with Gasteiger partial charge >= 0.3 is 6.18 Å². The van der Waals surface area contributed by atoms with Crippen molar-refractivity contribution in [2.45, 2.75) is 6.18 Å². The topological polar surface area (TPSA) is 45.9 Å². The zero-order valence-electron chi connectivity index (χ0n) is 9.65. The Hall–Kier alpha value is -2.07. The molecule has 7 heteroatoms. The Morgan fingerprint density at radius 1 is 1.26 bits per heavy atom. The predicted molar refractivity (Wildman–Crippen MR) is 63.8 cm³/mol. The number of methoxy groups -OCH3 is 1. The Morgan fingerprint density at radius 3 is 2.37 bits per heavy atom. The molecule has 0 aliphatic heterocycles. The second-order valence-electron chi connectivity index (χ2n) is 3.57. The van der Waals surface area contributed by atoms with Crippen molar-refractivity contribution in [3.63, 3.8) is 0 Å². The average molecular weight is 284 g/mol. The zero-order chi connectivity index (χ0) is 14.0. The number of hydrogen-bond acceptors (Lipinski definition) is 4. The molecular weight excluding hydrogens is 277 g/mol. The Bertz CT molecular complexity index is 626. The molecule has 0 saturated heterocycles. The summed E-state index contributed by atoms with van der Waals surface area (Å²) in [4.78, 5) is -0.971. The standard InChI is InChI=1S/C12H7F3N2OS/c1-18-8-4-2-7(3-5-8)10-9(6-16)11(19-17-10)12(13,14)15/h2-5H,1H3. The first kappa shape index (κ1) is 13.4. The highest BCUT2D eigenvalue weighted by Crippen LogP contribution is 2.39. The molecule has 0 unspecified atom stereocenters. The van der Waals surface area contributed by atoms with Gasteiger partial charge in [-0.15, -0.1) is 0 Å². The fraction of sp³-hybridized carbons (Fsp3) is 0.167. The molecule has 0 radical (unpaired) electrons. The number of nitrogens with zero attached hydrogens (tertiary/aromatic N) is 2. The van der Waals surface area contributed by atoms with Gasteiger partial charge in [0.1, 0.15) is 28.0 Å². The number of benzene rings is 1. The van der Waals surface area contributed by atoms with E-state index in [-0.39, 0.29) is 17.2 Å². The van der Waals surface area contributed by atoms with Crippen LogP contribution in [0.4, 0.5) is 13.2 Å². The van der Waals surface area contributed by atoms with Crippen molar-refractivity contribution in [2.24, 2.45) is 0 Å². The molecule has 0 amide bonds. The number of hydrogen-bond donors (Lipinski definition) is 0. The molecule has 0 N–H and O–H groups in total. The molecule has 0 saturated carbocycles. The van der Waals surface area contributed by atoms with Gasteiger partial charge in [-0.25, -0.2) is 0 Å². The van der Waals surface area contributed by atoms with Crippen LogP contribution in [0, 0.1) is 11.3 Å². The molecule has 19 heavy (non-hydrogen) atoms. The SMILES string of the molecule is COc1ccc(-c2nsc(C(F)(F)F)c2C#N)cc1. The van der Waals surface area contributed by atoms with Crippen LogP contribution in [0.3, 0.4) is 0 Å². The van der Waals surface area contributed by atoms with Crippen LogP contribution in [0.15, 0.2) is 24.3 Å². The van der Waals surface area contributed by atoms with E-state index in [1.54, 1.807) is 30.3 Å². The molecular formula is C12H7F3N2OS. The van der Waals surface area contributed by atoms with Crippen LogP contribution in [-0.2, 0) is 6.18 Å². The molecule has 0 atom stereocenters. The largest absolute Gasteiger partial charge is 0.497 e. The van der Waals surface area contributed by atoms with E-state index in [0.717, 1.165) is 0 Å². The first-order valence-corrected chi connectivity index (χ1v) is 5.86. The summed E-state index contributed by atoms with van der Waals surface area (Å²) in [5.74, 6) is 0.577. The lowest BCUT2D eigenvalue weighted by Gasteiger charge is -2.03. The number of alkyl halides is 3. The molecule has 0 fully saturated rings. The minimum atomic E-state index is -4.56. The third-order valence-electron chi connectivity index (χ3n) is 2.42. The minimum absolute atomic E-state index is 0.0440. The van der Waals surface area contributed by atoms with Crippen LogP contribution >= 0.6 is 11.5 Å². The molecule has 2 aromatic rings. The number of ether oxygens (including phenoxy) is 1. The van der Waals surface area contributed by atoms with Crippen molar-refractivity contribution in [2.75, 3.05) is 7.11 Å². The van der Waals surface area contributed by atoms with Crippen LogP contribution in [0.25, 0.3) is 11.3 Å². The average Bonchev–Trinajstić information content (AvgIpc) is 2.82. The molecule has 0 aliphatic rings. The molecule has 3 nitrogen and oxygen atoms in total. The smallest absolute Gasteiger partial charge is 0.428 e. The molecule has 1 aromatic carbocycles. The van der Waals surface area contributed by atoms with Gasteiger partial charge in [-0.3, -0.25) is 0 Å². The van der Waals surface area contributed by atoms with E-state index in [4.69, 9.17) is 10.00 Å². The summed E-state index contributed by atoms with van der Waals surface area (Å²) in [5.41, 5.74) is 0.0502. The van der Waals surface area contributed by atoms with Crippen molar-refractivity contribution in [3.8, 4) is 23.1 Å². The summed E-state index contributed by atoms with van der Waals surface area (Å²) in [6, 6.07) is 7.90. The van der Waals surface area contributed by atoms with Crippen molar-refractivity contribution < 1.29 is 17.9 Å². The molecule has 0 aliphatic carbocycles. The van der Waals surface area contributed by atoms with E-state index in [0.29, 0.717) is 11.3 Å². The summed E-state index contributed by atoms with van der Waals surface area (Å²) in [6.45, 7) is 0. The normalized spacial score (nSPS) is 11.1. The monoisotopic (exact) mass is 284 g/mol. The highest BCUT2D eigenvalue weighted by atomic mass is 32.1. The van der Waals surface area contributed by atoms with Crippen molar-refractivity contribution in [3.05, 3.63) is 34.7 Å². The lowest BCUT2D eigenvalue weighted by atomic mass is 10.1. The Kier molecular flexibility index (Phi) is 3.44. The van der Waals surface area contributed by atoms with E-state index in [2.05, 4.69) is 4.37 Å². The van der Waals surface area contributed by atoms with Crippen molar-refractivity contribution in [1.29, 1.82) is 5.26 Å². The number of aromatic nitrogens is 1. The molecule has 0 bridgehead atoms. The van der Waals surface area contributed by atoms with E-state index < -0.39 is 16.6 Å². The molecule has 1 aromatic heterocycles. The third kappa shape index (κ3) is 2.53. The maximum atomic E-state index is 12.7. The fourth-order valence-corrected chi connectivity index (χ4v) is 2.25. The van der Waals surface area contributed by atoms with Gasteiger partial charge in [0, 0.05) is 5.56 Å². The number of rotatable bonds is 2. The van der Waals surface area contributed by atoms with Crippen LogP contribution in [-0.4, -0.2) is 11.5 Å². The third-order valence-corrected chi connectivity index (χ3v) is 3.32. The second kappa shape index (κ2) is 4.90. The van der Waals surface area contributed by atoms with E-state index in [1.165, 1.54) is 7.11 Å². The highest BCUT2D eigenvalue weighted by molar-refractivity contribution is 7.06. The first-order chi connectivity index (χ1) is 8.97. The van der Waals surface area contributed by atoms with E-state index >= 15 is 0 Å². The summed E-state index contributed by atoms with van der Waals surface area (Å²) < 4.78 is 46.7. The van der Waals surface area contributed by atoms with Crippen LogP contribution < -0.4 is 4.74 Å². The fourth-order valence-electron chi connectivity index (χ4n) is 1.53. The Labute approximate surface area is 111 Å². The first-order valence-electron chi connectivity index (χ1n) is 5.08. The number of halogens is 3. The van der Waals surface area contributed by atoms with Crippen molar-refractivity contribution >= 4 is 11.5 Å². The molecule has 2 rings (SSSR count). The zero-order valence-corrected chi connectivity index (χ0v) is 10.5. The van der Waals surface area contributed by atoms with Gasteiger partial charge in [0.2, 0.25) is 0 Å². The van der Waals surface area contributed by atoms with Crippen LogP contribution in [0.5, 0.6) is 5.75 Å². The second-order valence-corrected chi connectivity index (χ2v) is 4.35. The van der Waals surface area contributed by atoms with E-state index in [9.17, 15) is 13.2 Å². The summed E-state index contributed by atoms with van der Waals surface area (Å²) in [6.07, 6.45) is -4.56. The summed E-state index contributed by atoms with van der Waals surface area (Å²) in [5, 5.41) is 8.91. The van der Waals surface area contributed by atoms with Crippen LogP contribution in [0.2, 0.25) is 0 Å². The number of nitriles is 1. The maximum absolute atomic E-state index is 12.7. The quantitative estimate of drug-likeness (QED) is 0.844. The summed E-state index contributed by atoms with van der Waals surface area (Å²) >= 11 is 0.284. The van der Waals surface area contributed by atoms with Gasteiger partial charge in [0.05, 0.1) is 7.11 Å². The van der Waals surface area contributed by atoms with Gasteiger partial charge in [-0.05, 0) is 35.8 Å². The molecule has 98 valence electrons. The Balaban J connectivity index is 2.51. The molecule has 0 spiro atoms. The molecule has 1 heterocycles. The summed E-state index contributed by atoms with van der Waals surface area (Å²) in [7, 11) is 1.49. The highest BCUT2D eigenvalue weighted by Gasteiger charge is 2.38. The maximum Gasteiger partial charge on any atom is 0.428 e. The van der Waals surface area contributed by atoms with Crippen molar-refractivity contribution in [1.82, 2.24) is 4.37 Å². The van der Waals surface area contributed by atoms with E-state index in [1.807, 2.05) is 0 Å². The van der Waals surface area contributed by atoms with Gasteiger partial charge in [0.25, 0.3) is 0 Å². The van der Waals surface area contributed by atoms with Crippen LogP contribution in [0.1, 0.15) is 10.4 Å². The lowest BCUT2D eigenvalue weighted by Crippen LogP contribution is -2.04.